The largest absolute Gasteiger partial charge is 0.476 e. The summed E-state index contributed by atoms with van der Waals surface area (Å²) in [6.45, 7) is 1.70. The van der Waals surface area contributed by atoms with Gasteiger partial charge in [-0.1, -0.05) is 5.21 Å². The summed E-state index contributed by atoms with van der Waals surface area (Å²) in [4.78, 5) is 10.9. The molecule has 0 amide bonds. The number of carboxylic acid groups (broad SMARTS) is 1. The molecular formula is C10H10BrF2N5O2. The molecule has 0 aliphatic carbocycles. The molecule has 0 spiro atoms. The zero-order valence-electron chi connectivity index (χ0n) is 10.5. The maximum atomic E-state index is 13.0. The van der Waals surface area contributed by atoms with Crippen molar-refractivity contribution in [1.29, 1.82) is 0 Å². The molecular weight excluding hydrogens is 340 g/mol. The minimum absolute atomic E-state index is 0.0577. The third-order valence-corrected chi connectivity index (χ3v) is 3.78. The smallest absolute Gasteiger partial charge is 0.358 e. The molecule has 2 rings (SSSR count). The van der Waals surface area contributed by atoms with Crippen LogP contribution in [0.2, 0.25) is 0 Å². The van der Waals surface area contributed by atoms with Crippen LogP contribution in [0.15, 0.2) is 4.47 Å². The SMILES string of the molecule is Cc1nn(C)c(Cn2nnc(C(=O)O)c2C(F)F)c1Br. The van der Waals surface area contributed by atoms with Gasteiger partial charge in [-0.15, -0.1) is 5.10 Å². The lowest BCUT2D eigenvalue weighted by atomic mass is 10.3. The first-order valence-electron chi connectivity index (χ1n) is 5.45. The van der Waals surface area contributed by atoms with Gasteiger partial charge in [0.2, 0.25) is 0 Å². The van der Waals surface area contributed by atoms with Crippen LogP contribution < -0.4 is 0 Å². The summed E-state index contributed by atoms with van der Waals surface area (Å²) in [6.07, 6.45) is -2.98. The summed E-state index contributed by atoms with van der Waals surface area (Å²) in [5.41, 5.74) is -0.177. The Morgan fingerprint density at radius 1 is 1.50 bits per heavy atom. The second-order valence-corrected chi connectivity index (χ2v) is 4.85. The van der Waals surface area contributed by atoms with E-state index in [0.29, 0.717) is 15.9 Å². The quantitative estimate of drug-likeness (QED) is 0.908. The van der Waals surface area contributed by atoms with Gasteiger partial charge < -0.3 is 5.11 Å². The van der Waals surface area contributed by atoms with Crippen molar-refractivity contribution in [3.63, 3.8) is 0 Å². The number of rotatable bonds is 4. The average Bonchev–Trinajstić information content (AvgIpc) is 2.87. The van der Waals surface area contributed by atoms with Crippen molar-refractivity contribution in [2.75, 3.05) is 0 Å². The fourth-order valence-electron chi connectivity index (χ4n) is 1.80. The van der Waals surface area contributed by atoms with Gasteiger partial charge in [0.1, 0.15) is 5.69 Å². The minimum atomic E-state index is -2.98. The standard InChI is InChI=1S/C10H10BrF2N5O2/c1-4-6(11)5(17(2)15-4)3-18-8(9(12)13)7(10(19)20)14-16-18/h9H,3H2,1-2H3,(H,19,20). The van der Waals surface area contributed by atoms with E-state index >= 15 is 0 Å². The van der Waals surface area contributed by atoms with Gasteiger partial charge in [0.15, 0.2) is 5.69 Å². The molecule has 10 heteroatoms. The number of hydrogen-bond acceptors (Lipinski definition) is 4. The van der Waals surface area contributed by atoms with Crippen LogP contribution in [0.1, 0.15) is 34.0 Å². The topological polar surface area (TPSA) is 85.8 Å². The summed E-state index contributed by atoms with van der Waals surface area (Å²) < 4.78 is 29.0. The summed E-state index contributed by atoms with van der Waals surface area (Å²) >= 11 is 3.31. The molecule has 0 aromatic carbocycles. The minimum Gasteiger partial charge on any atom is -0.476 e. The highest BCUT2D eigenvalue weighted by Crippen LogP contribution is 2.25. The van der Waals surface area contributed by atoms with Crippen LogP contribution in [0.25, 0.3) is 0 Å². The molecule has 108 valence electrons. The van der Waals surface area contributed by atoms with E-state index in [-0.39, 0.29) is 6.54 Å². The Labute approximate surface area is 120 Å². The van der Waals surface area contributed by atoms with Crippen LogP contribution in [0.3, 0.4) is 0 Å². The Morgan fingerprint density at radius 3 is 2.60 bits per heavy atom. The van der Waals surface area contributed by atoms with Gasteiger partial charge in [0, 0.05) is 7.05 Å². The van der Waals surface area contributed by atoms with Crippen molar-refractivity contribution < 1.29 is 18.7 Å². The number of carboxylic acids is 1. The highest BCUT2D eigenvalue weighted by Gasteiger charge is 2.27. The summed E-state index contributed by atoms with van der Waals surface area (Å²) in [6, 6.07) is 0. The van der Waals surface area contributed by atoms with E-state index in [0.717, 1.165) is 4.68 Å². The van der Waals surface area contributed by atoms with Crippen LogP contribution in [0.4, 0.5) is 8.78 Å². The number of aryl methyl sites for hydroxylation is 2. The normalized spacial score (nSPS) is 11.3. The highest BCUT2D eigenvalue weighted by molar-refractivity contribution is 9.10. The second-order valence-electron chi connectivity index (χ2n) is 4.06. The molecule has 2 aromatic rings. The molecule has 0 unspecified atom stereocenters. The zero-order valence-corrected chi connectivity index (χ0v) is 12.1. The van der Waals surface area contributed by atoms with Gasteiger partial charge in [-0.2, -0.15) is 5.10 Å². The van der Waals surface area contributed by atoms with E-state index in [4.69, 9.17) is 5.11 Å². The first-order chi connectivity index (χ1) is 9.32. The Kier molecular flexibility index (Phi) is 3.84. The molecule has 20 heavy (non-hydrogen) atoms. The molecule has 0 atom stereocenters. The predicted octanol–water partition coefficient (Wildman–Crippen LogP) is 1.77. The lowest BCUT2D eigenvalue weighted by molar-refractivity contribution is 0.0675. The van der Waals surface area contributed by atoms with Gasteiger partial charge in [-0.3, -0.25) is 4.68 Å². The fraction of sp³-hybridized carbons (Fsp3) is 0.400. The monoisotopic (exact) mass is 349 g/mol. The average molecular weight is 350 g/mol. The van der Waals surface area contributed by atoms with Crippen LogP contribution in [0.5, 0.6) is 0 Å². The van der Waals surface area contributed by atoms with E-state index in [1.165, 1.54) is 4.68 Å². The first kappa shape index (κ1) is 14.6. The molecule has 0 fully saturated rings. The maximum absolute atomic E-state index is 13.0. The van der Waals surface area contributed by atoms with Crippen LogP contribution >= 0.6 is 15.9 Å². The number of hydrogen-bond donors (Lipinski definition) is 1. The van der Waals surface area contributed by atoms with Crippen LogP contribution in [-0.4, -0.2) is 35.9 Å². The van der Waals surface area contributed by atoms with Crippen molar-refractivity contribution in [3.05, 3.63) is 27.2 Å². The lowest BCUT2D eigenvalue weighted by Gasteiger charge is -2.07. The molecule has 0 aliphatic heterocycles. The number of aromatic nitrogens is 5. The van der Waals surface area contributed by atoms with Crippen molar-refractivity contribution >= 4 is 21.9 Å². The number of aromatic carboxylic acids is 1. The predicted molar refractivity (Wildman–Crippen MR) is 66.7 cm³/mol. The van der Waals surface area contributed by atoms with Crippen molar-refractivity contribution in [3.8, 4) is 0 Å². The summed E-state index contributed by atoms with van der Waals surface area (Å²) in [5, 5.41) is 19.7. The Hall–Kier alpha value is -1.84. The number of alkyl halides is 2. The lowest BCUT2D eigenvalue weighted by Crippen LogP contribution is -2.12. The third-order valence-electron chi connectivity index (χ3n) is 2.74. The molecule has 0 saturated heterocycles. The van der Waals surface area contributed by atoms with Crippen molar-refractivity contribution in [2.24, 2.45) is 7.05 Å². The van der Waals surface area contributed by atoms with Gasteiger partial charge in [0.25, 0.3) is 6.43 Å². The Balaban J connectivity index is 2.46. The Morgan fingerprint density at radius 2 is 2.15 bits per heavy atom. The molecule has 7 nitrogen and oxygen atoms in total. The van der Waals surface area contributed by atoms with Gasteiger partial charge in [-0.05, 0) is 22.9 Å². The maximum Gasteiger partial charge on any atom is 0.358 e. The second kappa shape index (κ2) is 5.27. The zero-order chi connectivity index (χ0) is 15.0. The van der Waals surface area contributed by atoms with E-state index in [1.807, 2.05) is 0 Å². The summed E-state index contributed by atoms with van der Waals surface area (Å²) in [7, 11) is 1.66. The number of carbonyl (C=O) groups is 1. The third kappa shape index (κ3) is 2.42. The van der Waals surface area contributed by atoms with Crippen molar-refractivity contribution in [2.45, 2.75) is 19.9 Å². The van der Waals surface area contributed by atoms with Crippen LogP contribution in [-0.2, 0) is 13.6 Å². The Bertz CT molecular complexity index is 667. The van der Waals surface area contributed by atoms with E-state index in [9.17, 15) is 13.6 Å². The highest BCUT2D eigenvalue weighted by atomic mass is 79.9. The van der Waals surface area contributed by atoms with Gasteiger partial charge >= 0.3 is 5.97 Å². The van der Waals surface area contributed by atoms with E-state index in [1.54, 1.807) is 14.0 Å². The van der Waals surface area contributed by atoms with E-state index in [2.05, 4.69) is 31.3 Å². The molecule has 0 radical (unpaired) electrons. The van der Waals surface area contributed by atoms with Gasteiger partial charge in [-0.25, -0.2) is 18.3 Å². The van der Waals surface area contributed by atoms with E-state index < -0.39 is 23.8 Å². The van der Waals surface area contributed by atoms with Crippen LogP contribution in [0, 0.1) is 6.92 Å². The molecule has 0 bridgehead atoms. The molecule has 2 aromatic heterocycles. The fourth-order valence-corrected chi connectivity index (χ4v) is 2.26. The van der Waals surface area contributed by atoms with Crippen molar-refractivity contribution in [1.82, 2.24) is 24.8 Å². The molecule has 0 aliphatic rings. The number of halogens is 3. The molecule has 1 N–H and O–H groups in total. The van der Waals surface area contributed by atoms with Gasteiger partial charge in [0.05, 0.1) is 22.4 Å². The summed E-state index contributed by atoms with van der Waals surface area (Å²) in [5.74, 6) is -1.54. The number of nitrogens with zero attached hydrogens (tertiary/aromatic N) is 5. The first-order valence-corrected chi connectivity index (χ1v) is 6.25. The molecule has 0 saturated carbocycles. The molecule has 2 heterocycles.